The number of piperazine rings is 1. The van der Waals surface area contributed by atoms with Crippen molar-refractivity contribution < 1.29 is 14.0 Å². The highest BCUT2D eigenvalue weighted by Gasteiger charge is 2.32. The topological polar surface area (TPSA) is 43.9 Å². The summed E-state index contributed by atoms with van der Waals surface area (Å²) in [5.41, 5.74) is 0.844. The van der Waals surface area contributed by atoms with Gasteiger partial charge in [-0.05, 0) is 44.0 Å². The van der Waals surface area contributed by atoms with Crippen molar-refractivity contribution in [1.82, 2.24) is 14.7 Å². The number of likely N-dealkylation sites (tertiary alicyclic amines) is 1. The molecule has 0 radical (unpaired) electrons. The third-order valence-electron chi connectivity index (χ3n) is 5.82. The fraction of sp³-hybridized carbons (Fsp3) is 0.619. The van der Waals surface area contributed by atoms with E-state index in [0.29, 0.717) is 19.5 Å². The molecule has 0 saturated carbocycles. The quantitative estimate of drug-likeness (QED) is 0.809. The minimum absolute atomic E-state index is 0.0379. The van der Waals surface area contributed by atoms with Gasteiger partial charge in [0.05, 0.1) is 0 Å². The maximum atomic E-state index is 13.3. The van der Waals surface area contributed by atoms with Crippen molar-refractivity contribution in [2.45, 2.75) is 26.2 Å². The number of likely N-dealkylation sites (N-methyl/N-ethyl adjacent to an activating group) is 1. The molecule has 2 saturated heterocycles. The number of amides is 2. The van der Waals surface area contributed by atoms with Crippen LogP contribution in [-0.2, 0) is 16.0 Å². The van der Waals surface area contributed by atoms with Crippen molar-refractivity contribution in [1.29, 1.82) is 0 Å². The van der Waals surface area contributed by atoms with E-state index >= 15 is 0 Å². The first-order valence-corrected chi connectivity index (χ1v) is 9.94. The molecule has 0 aliphatic carbocycles. The summed E-state index contributed by atoms with van der Waals surface area (Å²) in [6.45, 7) is 6.64. The van der Waals surface area contributed by atoms with Crippen LogP contribution in [0.5, 0.6) is 0 Å². The van der Waals surface area contributed by atoms with Gasteiger partial charge in [-0.25, -0.2) is 4.39 Å². The molecular formula is C21H30FN3O2. The predicted octanol–water partition coefficient (Wildman–Crippen LogP) is 2.02. The van der Waals surface area contributed by atoms with Crippen LogP contribution >= 0.6 is 0 Å². The Bertz CT molecular complexity index is 665. The van der Waals surface area contributed by atoms with Gasteiger partial charge in [-0.1, -0.05) is 19.1 Å². The fourth-order valence-electron chi connectivity index (χ4n) is 4.05. The van der Waals surface area contributed by atoms with Crippen LogP contribution < -0.4 is 0 Å². The van der Waals surface area contributed by atoms with E-state index in [2.05, 4.69) is 11.9 Å². The van der Waals surface area contributed by atoms with Crippen molar-refractivity contribution in [3.63, 3.8) is 0 Å². The maximum absolute atomic E-state index is 13.3. The number of halogens is 1. The lowest BCUT2D eigenvalue weighted by Gasteiger charge is -2.38. The van der Waals surface area contributed by atoms with Gasteiger partial charge in [0, 0.05) is 51.1 Å². The summed E-state index contributed by atoms with van der Waals surface area (Å²) >= 11 is 0. The average Bonchev–Trinajstić information content (AvgIpc) is 2.67. The highest BCUT2D eigenvalue weighted by atomic mass is 19.1. The number of rotatable bonds is 4. The summed E-state index contributed by atoms with van der Waals surface area (Å²) in [7, 11) is 2.08. The van der Waals surface area contributed by atoms with Crippen molar-refractivity contribution >= 4 is 11.8 Å². The van der Waals surface area contributed by atoms with Crippen LogP contribution in [0.25, 0.3) is 0 Å². The smallest absolute Gasteiger partial charge is 0.225 e. The van der Waals surface area contributed by atoms with Gasteiger partial charge in [0.1, 0.15) is 5.82 Å². The molecule has 1 aromatic carbocycles. The van der Waals surface area contributed by atoms with Crippen LogP contribution in [0.4, 0.5) is 4.39 Å². The minimum atomic E-state index is -0.268. The van der Waals surface area contributed by atoms with Crippen LogP contribution in [0.1, 0.15) is 25.3 Å². The molecule has 2 aliphatic heterocycles. The van der Waals surface area contributed by atoms with Crippen LogP contribution in [-0.4, -0.2) is 72.8 Å². The highest BCUT2D eigenvalue weighted by Crippen LogP contribution is 2.22. The fourth-order valence-corrected chi connectivity index (χ4v) is 4.05. The van der Waals surface area contributed by atoms with Gasteiger partial charge in [0.2, 0.25) is 11.8 Å². The van der Waals surface area contributed by atoms with Crippen LogP contribution in [0.3, 0.4) is 0 Å². The Hall–Kier alpha value is -1.95. The Morgan fingerprint density at radius 1 is 1.07 bits per heavy atom. The molecule has 6 heteroatoms. The Morgan fingerprint density at radius 3 is 2.37 bits per heavy atom. The molecule has 148 valence electrons. The molecule has 0 spiro atoms. The summed E-state index contributed by atoms with van der Waals surface area (Å²) in [5, 5.41) is 0. The molecule has 5 nitrogen and oxygen atoms in total. The van der Waals surface area contributed by atoms with Gasteiger partial charge < -0.3 is 14.7 Å². The molecule has 27 heavy (non-hydrogen) atoms. The first-order valence-electron chi connectivity index (χ1n) is 9.94. The zero-order valence-corrected chi connectivity index (χ0v) is 16.4. The molecule has 3 rings (SSSR count). The molecule has 1 aromatic rings. The van der Waals surface area contributed by atoms with Crippen LogP contribution in [0.15, 0.2) is 24.3 Å². The number of hydrogen-bond donors (Lipinski definition) is 0. The normalized spacial score (nSPS) is 20.6. The van der Waals surface area contributed by atoms with E-state index in [9.17, 15) is 14.0 Å². The zero-order chi connectivity index (χ0) is 19.4. The van der Waals surface area contributed by atoms with Gasteiger partial charge in [-0.3, -0.25) is 9.59 Å². The second-order valence-electron chi connectivity index (χ2n) is 7.96. The molecule has 0 aromatic heterocycles. The van der Waals surface area contributed by atoms with E-state index in [-0.39, 0.29) is 29.5 Å². The number of nitrogens with zero attached hydrogens (tertiary/aromatic N) is 3. The van der Waals surface area contributed by atoms with E-state index in [0.717, 1.165) is 44.6 Å². The van der Waals surface area contributed by atoms with Crippen LogP contribution in [0.2, 0.25) is 0 Å². The second-order valence-corrected chi connectivity index (χ2v) is 7.96. The van der Waals surface area contributed by atoms with Crippen LogP contribution in [0, 0.1) is 17.7 Å². The highest BCUT2D eigenvalue weighted by molar-refractivity contribution is 5.81. The Balaban J connectivity index is 1.48. The molecule has 2 aliphatic rings. The van der Waals surface area contributed by atoms with Crippen molar-refractivity contribution in [3.05, 3.63) is 35.6 Å². The molecule has 2 amide bonds. The standard InChI is InChI=1S/C21H30FN3O2/c1-16(14-17-4-3-5-19(22)15-17)20(26)24-8-6-18(7-9-24)21(27)25-12-10-23(2)11-13-25/h3-5,15-16,18H,6-14H2,1-2H3/t16-/m0/s1. The molecule has 0 N–H and O–H groups in total. The Morgan fingerprint density at radius 2 is 1.74 bits per heavy atom. The first kappa shape index (κ1) is 19.8. The zero-order valence-electron chi connectivity index (χ0n) is 16.4. The molecule has 2 fully saturated rings. The van der Waals surface area contributed by atoms with E-state index in [1.807, 2.05) is 22.8 Å². The average molecular weight is 375 g/mol. The lowest BCUT2D eigenvalue weighted by molar-refractivity contribution is -0.143. The SMILES string of the molecule is C[C@@H](Cc1cccc(F)c1)C(=O)N1CCC(C(=O)N2CCN(C)CC2)CC1. The molecule has 0 unspecified atom stereocenters. The molecule has 0 bridgehead atoms. The number of piperidine rings is 1. The summed E-state index contributed by atoms with van der Waals surface area (Å²) in [6, 6.07) is 6.44. The number of carbonyl (C=O) groups is 2. The summed E-state index contributed by atoms with van der Waals surface area (Å²) in [5.74, 6) is -0.0594. The first-order chi connectivity index (χ1) is 12.9. The van der Waals surface area contributed by atoms with Gasteiger partial charge >= 0.3 is 0 Å². The van der Waals surface area contributed by atoms with E-state index < -0.39 is 0 Å². The Kier molecular flexibility index (Phi) is 6.47. The van der Waals surface area contributed by atoms with Gasteiger partial charge in [-0.15, -0.1) is 0 Å². The second kappa shape index (κ2) is 8.83. The lowest BCUT2D eigenvalue weighted by atomic mass is 9.93. The third-order valence-corrected chi connectivity index (χ3v) is 5.82. The number of benzene rings is 1. The van der Waals surface area contributed by atoms with E-state index in [1.54, 1.807) is 6.07 Å². The molecular weight excluding hydrogens is 345 g/mol. The largest absolute Gasteiger partial charge is 0.342 e. The minimum Gasteiger partial charge on any atom is -0.342 e. The number of carbonyl (C=O) groups excluding carboxylic acids is 2. The van der Waals surface area contributed by atoms with Crippen molar-refractivity contribution in [2.75, 3.05) is 46.3 Å². The monoisotopic (exact) mass is 375 g/mol. The summed E-state index contributed by atoms with van der Waals surface area (Å²) in [4.78, 5) is 31.5. The lowest BCUT2D eigenvalue weighted by Crippen LogP contribution is -2.51. The predicted molar refractivity (Wildman–Crippen MR) is 103 cm³/mol. The molecule has 2 heterocycles. The van der Waals surface area contributed by atoms with Crippen molar-refractivity contribution in [3.8, 4) is 0 Å². The van der Waals surface area contributed by atoms with E-state index in [1.165, 1.54) is 12.1 Å². The van der Waals surface area contributed by atoms with Gasteiger partial charge in [0.15, 0.2) is 0 Å². The third kappa shape index (κ3) is 5.06. The van der Waals surface area contributed by atoms with Crippen molar-refractivity contribution in [2.24, 2.45) is 11.8 Å². The van der Waals surface area contributed by atoms with E-state index in [4.69, 9.17) is 0 Å². The number of hydrogen-bond acceptors (Lipinski definition) is 3. The van der Waals surface area contributed by atoms with Gasteiger partial charge in [0.25, 0.3) is 0 Å². The summed E-state index contributed by atoms with van der Waals surface area (Å²) in [6.07, 6.45) is 2.02. The Labute approximate surface area is 161 Å². The van der Waals surface area contributed by atoms with Gasteiger partial charge in [-0.2, -0.15) is 0 Å². The maximum Gasteiger partial charge on any atom is 0.225 e. The molecule has 1 atom stereocenters. The summed E-state index contributed by atoms with van der Waals surface area (Å²) < 4.78 is 13.3.